The lowest BCUT2D eigenvalue weighted by molar-refractivity contribution is -0.258. The molecule has 1 aromatic heterocycles. The average Bonchev–Trinajstić information content (AvgIpc) is 3.40. The van der Waals surface area contributed by atoms with Crippen LogP contribution in [0.25, 0.3) is 0 Å². The average molecular weight is 541 g/mol. The van der Waals surface area contributed by atoms with Crippen LogP contribution in [0.2, 0.25) is 0 Å². The smallest absolute Gasteiger partial charge is 0.376 e. The van der Waals surface area contributed by atoms with Crippen LogP contribution >= 0.6 is 11.3 Å². The summed E-state index contributed by atoms with van der Waals surface area (Å²) >= 11 is 1.15. The second kappa shape index (κ2) is 10.5. The predicted octanol–water partition coefficient (Wildman–Crippen LogP) is 4.61. The van der Waals surface area contributed by atoms with Gasteiger partial charge >= 0.3 is 6.18 Å². The Morgan fingerprint density at radius 1 is 1.03 bits per heavy atom. The third-order valence-corrected chi connectivity index (χ3v) is 9.51. The molecule has 1 N–H and O–H groups in total. The molecule has 194 valence electrons. The van der Waals surface area contributed by atoms with Gasteiger partial charge in [-0.1, -0.05) is 48.5 Å². The quantitative estimate of drug-likeness (QED) is 0.452. The maximum atomic E-state index is 13.2. The van der Waals surface area contributed by atoms with Gasteiger partial charge in [0.2, 0.25) is 0 Å². The summed E-state index contributed by atoms with van der Waals surface area (Å²) in [5.41, 5.74) is -1.65. The monoisotopic (exact) mass is 540 g/mol. The van der Waals surface area contributed by atoms with Gasteiger partial charge in [0.15, 0.2) is 5.60 Å². The SMILES string of the molecule is C[C@](O)(c1ccc(N2CCN(S(=O)(=O)c3cccs3)C[C@@H]2COCc2ccccc2)cc1)C(F)(F)F. The van der Waals surface area contributed by atoms with Crippen molar-refractivity contribution in [1.29, 1.82) is 0 Å². The molecular formula is C25H27F3N2O4S2. The number of thiophene rings is 1. The van der Waals surface area contributed by atoms with E-state index in [2.05, 4.69) is 0 Å². The molecule has 36 heavy (non-hydrogen) atoms. The van der Waals surface area contributed by atoms with Crippen molar-refractivity contribution in [3.63, 3.8) is 0 Å². The second-order valence-electron chi connectivity index (χ2n) is 8.76. The number of anilines is 1. The first kappa shape index (κ1) is 26.6. The molecule has 2 heterocycles. The van der Waals surface area contributed by atoms with Crippen molar-refractivity contribution in [1.82, 2.24) is 4.31 Å². The van der Waals surface area contributed by atoms with Gasteiger partial charge in [-0.3, -0.25) is 0 Å². The van der Waals surface area contributed by atoms with Crippen LogP contribution in [-0.4, -0.2) is 56.3 Å². The highest BCUT2D eigenvalue weighted by Gasteiger charge is 2.51. The molecule has 0 saturated carbocycles. The van der Waals surface area contributed by atoms with Crippen LogP contribution in [0, 0.1) is 0 Å². The van der Waals surface area contributed by atoms with Crippen molar-refractivity contribution in [2.24, 2.45) is 0 Å². The van der Waals surface area contributed by atoms with Gasteiger partial charge in [-0.2, -0.15) is 17.5 Å². The van der Waals surface area contributed by atoms with E-state index in [1.807, 2.05) is 35.2 Å². The van der Waals surface area contributed by atoms with Crippen LogP contribution in [0.15, 0.2) is 76.3 Å². The molecule has 3 aromatic rings. The van der Waals surface area contributed by atoms with E-state index in [1.54, 1.807) is 17.5 Å². The Labute approximate surface area is 212 Å². The highest BCUT2D eigenvalue weighted by atomic mass is 32.2. The maximum absolute atomic E-state index is 13.2. The highest BCUT2D eigenvalue weighted by Crippen LogP contribution is 2.39. The minimum atomic E-state index is -4.82. The molecule has 0 spiro atoms. The van der Waals surface area contributed by atoms with E-state index < -0.39 is 21.8 Å². The lowest BCUT2D eigenvalue weighted by atomic mass is 9.95. The van der Waals surface area contributed by atoms with Crippen LogP contribution in [0.1, 0.15) is 18.1 Å². The van der Waals surface area contributed by atoms with Crippen LogP contribution in [0.4, 0.5) is 18.9 Å². The van der Waals surface area contributed by atoms with E-state index in [0.29, 0.717) is 18.8 Å². The van der Waals surface area contributed by atoms with E-state index in [4.69, 9.17) is 4.74 Å². The van der Waals surface area contributed by atoms with Gasteiger partial charge in [0.25, 0.3) is 10.0 Å². The van der Waals surface area contributed by atoms with Crippen LogP contribution < -0.4 is 4.90 Å². The zero-order chi connectivity index (χ0) is 26.0. The van der Waals surface area contributed by atoms with Gasteiger partial charge in [-0.05, 0) is 41.6 Å². The summed E-state index contributed by atoms with van der Waals surface area (Å²) in [6, 6.07) is 18.0. The van der Waals surface area contributed by atoms with Gasteiger partial charge in [0, 0.05) is 25.3 Å². The Bertz CT molecular complexity index is 1230. The molecule has 2 aromatic carbocycles. The van der Waals surface area contributed by atoms with Crippen molar-refractivity contribution in [3.05, 3.63) is 83.2 Å². The Balaban J connectivity index is 1.55. The molecule has 6 nitrogen and oxygen atoms in total. The molecule has 11 heteroatoms. The molecule has 1 aliphatic heterocycles. The number of alkyl halides is 3. The van der Waals surface area contributed by atoms with Gasteiger partial charge in [-0.15, -0.1) is 11.3 Å². The fourth-order valence-electron chi connectivity index (χ4n) is 4.09. The number of hydrogen-bond acceptors (Lipinski definition) is 6. The van der Waals surface area contributed by atoms with Gasteiger partial charge in [-0.25, -0.2) is 8.42 Å². The summed E-state index contributed by atoms with van der Waals surface area (Å²) in [6.45, 7) is 1.99. The van der Waals surface area contributed by atoms with Crippen LogP contribution in [-0.2, 0) is 27.0 Å². The number of piperazine rings is 1. The molecule has 2 atom stereocenters. The van der Waals surface area contributed by atoms with Crippen LogP contribution in [0.3, 0.4) is 0 Å². The fourth-order valence-corrected chi connectivity index (χ4v) is 6.71. The Kier molecular flexibility index (Phi) is 7.77. The third-order valence-electron chi connectivity index (χ3n) is 6.27. The number of sulfonamides is 1. The van der Waals surface area contributed by atoms with E-state index in [-0.39, 0.29) is 35.5 Å². The summed E-state index contributed by atoms with van der Waals surface area (Å²) in [6.07, 6.45) is -4.82. The molecule has 0 unspecified atom stereocenters. The number of halogens is 3. The largest absolute Gasteiger partial charge is 0.421 e. The zero-order valence-electron chi connectivity index (χ0n) is 19.6. The van der Waals surface area contributed by atoms with Crippen molar-refractivity contribution < 1.29 is 31.4 Å². The second-order valence-corrected chi connectivity index (χ2v) is 11.9. The Morgan fingerprint density at radius 2 is 1.72 bits per heavy atom. The highest BCUT2D eigenvalue weighted by molar-refractivity contribution is 7.91. The Hall–Kier alpha value is -2.44. The summed E-state index contributed by atoms with van der Waals surface area (Å²) < 4.78 is 73.6. The van der Waals surface area contributed by atoms with E-state index in [9.17, 15) is 26.7 Å². The first-order valence-electron chi connectivity index (χ1n) is 11.3. The van der Waals surface area contributed by atoms with Crippen molar-refractivity contribution in [2.75, 3.05) is 31.1 Å². The minimum absolute atomic E-state index is 0.164. The third kappa shape index (κ3) is 5.60. The number of aliphatic hydroxyl groups is 1. The lowest BCUT2D eigenvalue weighted by Gasteiger charge is -2.42. The summed E-state index contributed by atoms with van der Waals surface area (Å²) in [4.78, 5) is 1.94. The lowest BCUT2D eigenvalue weighted by Crippen LogP contribution is -2.56. The number of benzene rings is 2. The summed E-state index contributed by atoms with van der Waals surface area (Å²) in [7, 11) is -3.67. The molecule has 1 aliphatic rings. The maximum Gasteiger partial charge on any atom is 0.421 e. The van der Waals surface area contributed by atoms with Crippen molar-refractivity contribution >= 4 is 27.0 Å². The molecular weight excluding hydrogens is 513 g/mol. The van der Waals surface area contributed by atoms with E-state index in [1.165, 1.54) is 28.6 Å². The topological polar surface area (TPSA) is 70.1 Å². The number of rotatable bonds is 8. The molecule has 0 amide bonds. The van der Waals surface area contributed by atoms with Crippen LogP contribution in [0.5, 0.6) is 0 Å². The molecule has 1 saturated heterocycles. The normalized spacial score (nSPS) is 19.2. The first-order valence-corrected chi connectivity index (χ1v) is 13.6. The van der Waals surface area contributed by atoms with Gasteiger partial charge < -0.3 is 14.7 Å². The van der Waals surface area contributed by atoms with Crippen molar-refractivity contribution in [2.45, 2.75) is 35.6 Å². The Morgan fingerprint density at radius 3 is 2.33 bits per heavy atom. The number of hydrogen-bond donors (Lipinski definition) is 1. The number of ether oxygens (including phenoxy) is 1. The molecule has 0 bridgehead atoms. The predicted molar refractivity (Wildman–Crippen MR) is 132 cm³/mol. The summed E-state index contributed by atoms with van der Waals surface area (Å²) in [5, 5.41) is 11.7. The molecule has 1 fully saturated rings. The number of nitrogens with zero attached hydrogens (tertiary/aromatic N) is 2. The molecule has 0 radical (unpaired) electrons. The first-order chi connectivity index (χ1) is 17.0. The fraction of sp³-hybridized carbons (Fsp3) is 0.360. The van der Waals surface area contributed by atoms with E-state index in [0.717, 1.165) is 23.8 Å². The molecule has 0 aliphatic carbocycles. The minimum Gasteiger partial charge on any atom is -0.376 e. The standard InChI is InChI=1S/C25H27F3N2O4S2/c1-24(31,25(26,27)28)20-9-11-21(12-10-20)30-14-13-29(36(32,33)23-8-5-15-35-23)16-22(30)18-34-17-19-6-3-2-4-7-19/h2-12,15,22,31H,13-14,16-18H2,1H3/t22-,24+/m1/s1. The van der Waals surface area contributed by atoms with E-state index >= 15 is 0 Å². The summed E-state index contributed by atoms with van der Waals surface area (Å²) in [5.74, 6) is 0. The van der Waals surface area contributed by atoms with Crippen molar-refractivity contribution in [3.8, 4) is 0 Å². The van der Waals surface area contributed by atoms with Gasteiger partial charge in [0.05, 0.1) is 19.3 Å². The van der Waals surface area contributed by atoms with Gasteiger partial charge in [0.1, 0.15) is 4.21 Å². The molecule has 4 rings (SSSR count). The zero-order valence-corrected chi connectivity index (χ0v) is 21.2.